The van der Waals surface area contributed by atoms with Crippen molar-refractivity contribution in [2.24, 2.45) is 11.5 Å². The fraction of sp³-hybridized carbons (Fsp3) is 0.316. The molecule has 146 valence electrons. The van der Waals surface area contributed by atoms with Gasteiger partial charge in [0.05, 0.1) is 28.7 Å². The van der Waals surface area contributed by atoms with Gasteiger partial charge in [-0.25, -0.2) is 4.98 Å². The molecular weight excluding hydrogens is 382 g/mol. The van der Waals surface area contributed by atoms with Gasteiger partial charge in [-0.05, 0) is 26.0 Å². The molecule has 0 radical (unpaired) electrons. The maximum Gasteiger partial charge on any atom is 0.252 e. The Labute approximate surface area is 164 Å². The lowest BCUT2D eigenvalue weighted by atomic mass is 9.75. The number of nitrogens with zero attached hydrogens (tertiary/aromatic N) is 1. The minimum absolute atomic E-state index is 0.0971. The van der Waals surface area contributed by atoms with Crippen LogP contribution in [0.2, 0.25) is 0 Å². The Kier molecular flexibility index (Phi) is 4.35. The number of rotatable bonds is 6. The fourth-order valence-electron chi connectivity index (χ4n) is 3.52. The summed E-state index contributed by atoms with van der Waals surface area (Å²) in [7, 11) is 0. The number of amides is 2. The van der Waals surface area contributed by atoms with Crippen LogP contribution in [0.1, 0.15) is 31.6 Å². The largest absolute Gasteiger partial charge is 0.488 e. The number of furan rings is 1. The maximum absolute atomic E-state index is 12.4. The standard InChI is InChI=1S/C19H19N3O5S/c1-9-14(17(20)23)15-12(27-9)3-4-13(26-6-11-5-22-10(2)28-11)16(15)19(18(21)24)7-25-8-19/h3-5H,6-8H2,1-2H3,(H2,20,23)(H2,21,24). The Morgan fingerprint density at radius 2 is 2.04 bits per heavy atom. The molecule has 0 spiro atoms. The van der Waals surface area contributed by atoms with E-state index in [9.17, 15) is 9.59 Å². The van der Waals surface area contributed by atoms with E-state index in [-0.39, 0.29) is 25.4 Å². The van der Waals surface area contributed by atoms with Crippen molar-refractivity contribution < 1.29 is 23.5 Å². The first-order valence-electron chi connectivity index (χ1n) is 8.61. The van der Waals surface area contributed by atoms with Crippen LogP contribution in [-0.2, 0) is 21.6 Å². The normalized spacial score (nSPS) is 15.4. The summed E-state index contributed by atoms with van der Waals surface area (Å²) < 4.78 is 17.1. The van der Waals surface area contributed by atoms with Crippen LogP contribution in [0.5, 0.6) is 5.75 Å². The maximum atomic E-state index is 12.4. The SMILES string of the molecule is Cc1ncc(COc2ccc3oc(C)c(C(N)=O)c3c2C2(C(N)=O)COC2)s1. The number of ether oxygens (including phenoxy) is 2. The highest BCUT2D eigenvalue weighted by Gasteiger charge is 2.50. The average Bonchev–Trinajstić information content (AvgIpc) is 3.14. The van der Waals surface area contributed by atoms with Gasteiger partial charge in [0, 0.05) is 17.1 Å². The van der Waals surface area contributed by atoms with E-state index in [0.717, 1.165) is 9.88 Å². The molecule has 1 aromatic carbocycles. The van der Waals surface area contributed by atoms with E-state index < -0.39 is 17.2 Å². The first-order valence-corrected chi connectivity index (χ1v) is 9.43. The summed E-state index contributed by atoms with van der Waals surface area (Å²) >= 11 is 1.52. The molecule has 4 N–H and O–H groups in total. The van der Waals surface area contributed by atoms with Gasteiger partial charge in [-0.1, -0.05) is 0 Å². The zero-order chi connectivity index (χ0) is 20.1. The Bertz CT molecular complexity index is 1100. The van der Waals surface area contributed by atoms with Crippen LogP contribution in [0.15, 0.2) is 22.7 Å². The van der Waals surface area contributed by atoms with Crippen molar-refractivity contribution in [1.29, 1.82) is 0 Å². The van der Waals surface area contributed by atoms with Crippen molar-refractivity contribution >= 4 is 34.1 Å². The average molecular weight is 401 g/mol. The highest BCUT2D eigenvalue weighted by Crippen LogP contribution is 2.45. The highest BCUT2D eigenvalue weighted by atomic mass is 32.1. The lowest BCUT2D eigenvalue weighted by Crippen LogP contribution is -2.56. The van der Waals surface area contributed by atoms with Crippen molar-refractivity contribution in [3.63, 3.8) is 0 Å². The molecule has 0 bridgehead atoms. The molecule has 1 saturated heterocycles. The fourth-order valence-corrected chi connectivity index (χ4v) is 4.23. The summed E-state index contributed by atoms with van der Waals surface area (Å²) in [5, 5.41) is 1.38. The van der Waals surface area contributed by atoms with Gasteiger partial charge in [-0.3, -0.25) is 9.59 Å². The Morgan fingerprint density at radius 1 is 1.29 bits per heavy atom. The van der Waals surface area contributed by atoms with Crippen molar-refractivity contribution in [2.75, 3.05) is 13.2 Å². The Morgan fingerprint density at radius 3 is 2.57 bits per heavy atom. The zero-order valence-electron chi connectivity index (χ0n) is 15.4. The molecule has 0 saturated carbocycles. The number of nitrogens with two attached hydrogens (primary N) is 2. The second-order valence-electron chi connectivity index (χ2n) is 6.78. The number of aromatic nitrogens is 1. The van der Waals surface area contributed by atoms with Crippen molar-refractivity contribution in [3.05, 3.63) is 45.1 Å². The van der Waals surface area contributed by atoms with E-state index in [1.165, 1.54) is 11.3 Å². The minimum Gasteiger partial charge on any atom is -0.488 e. The molecular formula is C19H19N3O5S. The van der Waals surface area contributed by atoms with E-state index in [4.69, 9.17) is 25.4 Å². The monoisotopic (exact) mass is 401 g/mol. The summed E-state index contributed by atoms with van der Waals surface area (Å²) in [4.78, 5) is 29.7. The Balaban J connectivity index is 1.91. The topological polar surface area (TPSA) is 131 Å². The zero-order valence-corrected chi connectivity index (χ0v) is 16.2. The number of fused-ring (bicyclic) bond motifs is 1. The molecule has 0 unspecified atom stereocenters. The molecule has 8 nitrogen and oxygen atoms in total. The van der Waals surface area contributed by atoms with Gasteiger partial charge in [0.1, 0.15) is 29.1 Å². The number of hydrogen-bond donors (Lipinski definition) is 2. The highest BCUT2D eigenvalue weighted by molar-refractivity contribution is 7.11. The van der Waals surface area contributed by atoms with E-state index in [0.29, 0.717) is 28.0 Å². The van der Waals surface area contributed by atoms with Gasteiger partial charge in [0.2, 0.25) is 5.91 Å². The van der Waals surface area contributed by atoms with Gasteiger partial charge in [0.15, 0.2) is 0 Å². The first kappa shape index (κ1) is 18.5. The van der Waals surface area contributed by atoms with Crippen LogP contribution in [0.4, 0.5) is 0 Å². The molecule has 2 amide bonds. The molecule has 0 aliphatic carbocycles. The van der Waals surface area contributed by atoms with E-state index in [1.54, 1.807) is 25.3 Å². The van der Waals surface area contributed by atoms with Gasteiger partial charge in [0.25, 0.3) is 5.91 Å². The van der Waals surface area contributed by atoms with Crippen LogP contribution in [0.3, 0.4) is 0 Å². The lowest BCUT2D eigenvalue weighted by Gasteiger charge is -2.40. The lowest BCUT2D eigenvalue weighted by molar-refractivity contribution is -0.141. The van der Waals surface area contributed by atoms with Crippen LogP contribution in [-0.4, -0.2) is 30.0 Å². The van der Waals surface area contributed by atoms with Crippen LogP contribution in [0, 0.1) is 13.8 Å². The predicted octanol–water partition coefficient (Wildman–Crippen LogP) is 1.94. The summed E-state index contributed by atoms with van der Waals surface area (Å²) in [5.74, 6) is -0.394. The third-order valence-electron chi connectivity index (χ3n) is 4.93. The Hall–Kier alpha value is -2.91. The second kappa shape index (κ2) is 6.61. The molecule has 1 fully saturated rings. The van der Waals surface area contributed by atoms with Crippen molar-refractivity contribution in [1.82, 2.24) is 4.98 Å². The molecule has 4 rings (SSSR count). The predicted molar refractivity (Wildman–Crippen MR) is 102 cm³/mol. The van der Waals surface area contributed by atoms with E-state index >= 15 is 0 Å². The van der Waals surface area contributed by atoms with E-state index in [2.05, 4.69) is 4.98 Å². The smallest absolute Gasteiger partial charge is 0.252 e. The second-order valence-corrected chi connectivity index (χ2v) is 8.10. The number of thiazole rings is 1. The number of primary amides is 2. The van der Waals surface area contributed by atoms with Crippen LogP contribution >= 0.6 is 11.3 Å². The minimum atomic E-state index is -1.11. The summed E-state index contributed by atoms with van der Waals surface area (Å²) in [6, 6.07) is 3.40. The summed E-state index contributed by atoms with van der Waals surface area (Å²) in [6.07, 6.45) is 1.74. The van der Waals surface area contributed by atoms with Gasteiger partial charge < -0.3 is 25.4 Å². The molecule has 3 aromatic rings. The molecule has 1 aliphatic heterocycles. The van der Waals surface area contributed by atoms with Crippen LogP contribution < -0.4 is 16.2 Å². The number of benzene rings is 1. The first-order chi connectivity index (χ1) is 13.3. The third-order valence-corrected chi connectivity index (χ3v) is 5.81. The number of carbonyl (C=O) groups excluding carboxylic acids is 2. The molecule has 9 heteroatoms. The summed E-state index contributed by atoms with van der Waals surface area (Å²) in [6.45, 7) is 4.02. The molecule has 1 aliphatic rings. The summed E-state index contributed by atoms with van der Waals surface area (Å²) in [5.41, 5.74) is 11.4. The van der Waals surface area contributed by atoms with Gasteiger partial charge >= 0.3 is 0 Å². The van der Waals surface area contributed by atoms with Gasteiger partial charge in [-0.15, -0.1) is 11.3 Å². The van der Waals surface area contributed by atoms with E-state index in [1.807, 2.05) is 6.92 Å². The number of hydrogen-bond acceptors (Lipinski definition) is 7. The van der Waals surface area contributed by atoms with Crippen molar-refractivity contribution in [3.8, 4) is 5.75 Å². The number of aryl methyl sites for hydroxylation is 2. The van der Waals surface area contributed by atoms with Gasteiger partial charge in [-0.2, -0.15) is 0 Å². The van der Waals surface area contributed by atoms with Crippen LogP contribution in [0.25, 0.3) is 11.0 Å². The third kappa shape index (κ3) is 2.74. The quantitative estimate of drug-likeness (QED) is 0.649. The van der Waals surface area contributed by atoms with Crippen molar-refractivity contribution in [2.45, 2.75) is 25.9 Å². The molecule has 3 heterocycles. The molecule has 2 aromatic heterocycles. The molecule has 28 heavy (non-hydrogen) atoms. The molecule has 0 atom stereocenters. The number of carbonyl (C=O) groups is 2.